The van der Waals surface area contributed by atoms with Crippen LogP contribution in [0, 0.1) is 6.92 Å². The van der Waals surface area contributed by atoms with Crippen LogP contribution in [0.25, 0.3) is 0 Å². The molecule has 1 saturated heterocycles. The average Bonchev–Trinajstić information content (AvgIpc) is 3.27. The monoisotopic (exact) mass is 410 g/mol. The molecule has 30 heavy (non-hydrogen) atoms. The van der Waals surface area contributed by atoms with Gasteiger partial charge in [0.2, 0.25) is 0 Å². The molecule has 2 aromatic rings. The first kappa shape index (κ1) is 21.6. The van der Waals surface area contributed by atoms with Crippen LogP contribution in [-0.4, -0.2) is 45.3 Å². The minimum absolute atomic E-state index is 0.143. The standard InChI is InChI=1S/C23H30N4O3/c1-17-8-3-4-9-20(17)26-23(29)25-18-10-11-21(27-13-5-6-14-27)19(16-18)22(28)24-12-7-15-30-2/h3-4,8-11,16H,5-7,12-15H2,1-2H3,(H,24,28)(H2,25,26,29). The lowest BCUT2D eigenvalue weighted by molar-refractivity contribution is 0.0949. The summed E-state index contributed by atoms with van der Waals surface area (Å²) in [5, 5.41) is 8.64. The number of nitrogens with zero attached hydrogens (tertiary/aromatic N) is 1. The van der Waals surface area contributed by atoms with Crippen molar-refractivity contribution < 1.29 is 14.3 Å². The molecule has 1 aliphatic rings. The van der Waals surface area contributed by atoms with E-state index in [1.54, 1.807) is 13.2 Å². The van der Waals surface area contributed by atoms with Crippen LogP contribution in [0.4, 0.5) is 21.9 Å². The number of anilines is 3. The second kappa shape index (κ2) is 10.6. The minimum Gasteiger partial charge on any atom is -0.385 e. The van der Waals surface area contributed by atoms with Crippen LogP contribution < -0.4 is 20.9 Å². The number of hydrogen-bond acceptors (Lipinski definition) is 4. The fourth-order valence-corrected chi connectivity index (χ4v) is 3.54. The van der Waals surface area contributed by atoms with Gasteiger partial charge >= 0.3 is 6.03 Å². The SMILES string of the molecule is COCCCNC(=O)c1cc(NC(=O)Nc2ccccc2C)ccc1N1CCCC1. The smallest absolute Gasteiger partial charge is 0.323 e. The molecule has 7 heteroatoms. The first-order valence-electron chi connectivity index (χ1n) is 10.4. The largest absolute Gasteiger partial charge is 0.385 e. The van der Waals surface area contributed by atoms with Crippen molar-refractivity contribution in [3.05, 3.63) is 53.6 Å². The van der Waals surface area contributed by atoms with Gasteiger partial charge in [-0.1, -0.05) is 18.2 Å². The number of hydrogen-bond donors (Lipinski definition) is 3. The van der Waals surface area contributed by atoms with Gasteiger partial charge in [-0.15, -0.1) is 0 Å². The second-order valence-corrected chi connectivity index (χ2v) is 7.42. The minimum atomic E-state index is -0.343. The zero-order chi connectivity index (χ0) is 21.3. The predicted molar refractivity (Wildman–Crippen MR) is 121 cm³/mol. The molecule has 7 nitrogen and oxygen atoms in total. The van der Waals surface area contributed by atoms with E-state index < -0.39 is 0 Å². The molecule has 3 N–H and O–H groups in total. The van der Waals surface area contributed by atoms with Gasteiger partial charge in [-0.05, 0) is 56.0 Å². The molecule has 3 rings (SSSR count). The van der Waals surface area contributed by atoms with Gasteiger partial charge in [0.15, 0.2) is 0 Å². The van der Waals surface area contributed by atoms with Gasteiger partial charge in [0.1, 0.15) is 0 Å². The molecule has 0 aliphatic carbocycles. The van der Waals surface area contributed by atoms with E-state index >= 15 is 0 Å². The fraction of sp³-hybridized carbons (Fsp3) is 0.391. The highest BCUT2D eigenvalue weighted by atomic mass is 16.5. The third-order valence-corrected chi connectivity index (χ3v) is 5.15. The van der Waals surface area contributed by atoms with Crippen LogP contribution in [-0.2, 0) is 4.74 Å². The quantitative estimate of drug-likeness (QED) is 0.575. The van der Waals surface area contributed by atoms with Crippen molar-refractivity contribution in [2.24, 2.45) is 0 Å². The van der Waals surface area contributed by atoms with E-state index in [-0.39, 0.29) is 11.9 Å². The highest BCUT2D eigenvalue weighted by Gasteiger charge is 2.20. The van der Waals surface area contributed by atoms with Crippen molar-refractivity contribution in [2.75, 3.05) is 48.9 Å². The van der Waals surface area contributed by atoms with Gasteiger partial charge in [0, 0.05) is 50.4 Å². The van der Waals surface area contributed by atoms with Gasteiger partial charge in [0.05, 0.1) is 5.56 Å². The normalized spacial score (nSPS) is 13.2. The van der Waals surface area contributed by atoms with Crippen molar-refractivity contribution in [3.8, 4) is 0 Å². The highest BCUT2D eigenvalue weighted by molar-refractivity contribution is 6.04. The van der Waals surface area contributed by atoms with E-state index in [1.807, 2.05) is 43.3 Å². The van der Waals surface area contributed by atoms with Gasteiger partial charge in [0.25, 0.3) is 5.91 Å². The number of urea groups is 1. The van der Waals surface area contributed by atoms with Crippen LogP contribution in [0.1, 0.15) is 35.2 Å². The van der Waals surface area contributed by atoms with Crippen LogP contribution in [0.5, 0.6) is 0 Å². The summed E-state index contributed by atoms with van der Waals surface area (Å²) in [7, 11) is 1.64. The van der Waals surface area contributed by atoms with Gasteiger partial charge in [-0.2, -0.15) is 0 Å². The average molecular weight is 411 g/mol. The Balaban J connectivity index is 1.74. The molecular weight excluding hydrogens is 380 g/mol. The summed E-state index contributed by atoms with van der Waals surface area (Å²) in [6.07, 6.45) is 2.99. The fourth-order valence-electron chi connectivity index (χ4n) is 3.54. The van der Waals surface area contributed by atoms with Gasteiger partial charge < -0.3 is 25.6 Å². The van der Waals surface area contributed by atoms with E-state index in [9.17, 15) is 9.59 Å². The van der Waals surface area contributed by atoms with Gasteiger partial charge in [-0.25, -0.2) is 4.79 Å². The first-order chi connectivity index (χ1) is 14.6. The molecule has 0 atom stereocenters. The number of methoxy groups -OCH3 is 1. The van der Waals surface area contributed by atoms with Crippen molar-refractivity contribution in [2.45, 2.75) is 26.2 Å². The summed E-state index contributed by atoms with van der Waals surface area (Å²) < 4.78 is 5.04. The zero-order valence-electron chi connectivity index (χ0n) is 17.7. The number of ether oxygens (including phenoxy) is 1. The molecule has 2 aromatic carbocycles. The van der Waals surface area contributed by atoms with Crippen LogP contribution >= 0.6 is 0 Å². The summed E-state index contributed by atoms with van der Waals surface area (Å²) >= 11 is 0. The number of rotatable bonds is 8. The molecule has 1 aliphatic heterocycles. The maximum atomic E-state index is 12.9. The van der Waals surface area contributed by atoms with Crippen molar-refractivity contribution >= 4 is 29.0 Å². The lowest BCUT2D eigenvalue weighted by Crippen LogP contribution is -2.29. The Morgan fingerprint density at radius 3 is 2.57 bits per heavy atom. The van der Waals surface area contributed by atoms with Gasteiger partial charge in [-0.3, -0.25) is 4.79 Å². The number of aryl methyl sites for hydroxylation is 1. The number of benzene rings is 2. The first-order valence-corrected chi connectivity index (χ1v) is 10.4. The third-order valence-electron chi connectivity index (χ3n) is 5.15. The van der Waals surface area contributed by atoms with Crippen molar-refractivity contribution in [1.29, 1.82) is 0 Å². The summed E-state index contributed by atoms with van der Waals surface area (Å²) in [5.74, 6) is -0.143. The lowest BCUT2D eigenvalue weighted by Gasteiger charge is -2.22. The van der Waals surface area contributed by atoms with E-state index in [0.717, 1.165) is 49.3 Å². The lowest BCUT2D eigenvalue weighted by atomic mass is 10.1. The van der Waals surface area contributed by atoms with Crippen molar-refractivity contribution in [3.63, 3.8) is 0 Å². The molecule has 0 unspecified atom stereocenters. The van der Waals surface area contributed by atoms with Crippen molar-refractivity contribution in [1.82, 2.24) is 5.32 Å². The number of carbonyl (C=O) groups is 2. The molecule has 0 saturated carbocycles. The summed E-state index contributed by atoms with van der Waals surface area (Å²) in [5.41, 5.74) is 3.78. The van der Waals surface area contributed by atoms with E-state index in [2.05, 4.69) is 20.9 Å². The van der Waals surface area contributed by atoms with Crippen LogP contribution in [0.2, 0.25) is 0 Å². The highest BCUT2D eigenvalue weighted by Crippen LogP contribution is 2.28. The number of amides is 3. The summed E-state index contributed by atoms with van der Waals surface area (Å²) in [4.78, 5) is 27.5. The van der Waals surface area contributed by atoms with Crippen LogP contribution in [0.15, 0.2) is 42.5 Å². The molecule has 1 heterocycles. The number of nitrogens with one attached hydrogen (secondary N) is 3. The van der Waals surface area contributed by atoms with Crippen LogP contribution in [0.3, 0.4) is 0 Å². The van der Waals surface area contributed by atoms with E-state index in [4.69, 9.17) is 4.74 Å². The maximum absolute atomic E-state index is 12.9. The second-order valence-electron chi connectivity index (χ2n) is 7.42. The molecule has 160 valence electrons. The molecular formula is C23H30N4O3. The molecule has 0 aromatic heterocycles. The maximum Gasteiger partial charge on any atom is 0.323 e. The van der Waals surface area contributed by atoms with E-state index in [1.165, 1.54) is 0 Å². The summed E-state index contributed by atoms with van der Waals surface area (Å²) in [6, 6.07) is 12.7. The number of carbonyl (C=O) groups excluding carboxylic acids is 2. The Morgan fingerprint density at radius 1 is 1.07 bits per heavy atom. The van der Waals surface area contributed by atoms with E-state index in [0.29, 0.717) is 24.4 Å². The Bertz CT molecular complexity index is 879. The molecule has 3 amide bonds. The topological polar surface area (TPSA) is 82.7 Å². The molecule has 0 bridgehead atoms. The third kappa shape index (κ3) is 5.73. The Labute approximate surface area is 177 Å². The Hall–Kier alpha value is -3.06. The molecule has 1 fully saturated rings. The Kier molecular flexibility index (Phi) is 7.68. The molecule has 0 radical (unpaired) electrons. The number of para-hydroxylation sites is 1. The Morgan fingerprint density at radius 2 is 1.83 bits per heavy atom. The summed E-state index contributed by atoms with van der Waals surface area (Å²) in [6.45, 7) is 4.94. The molecule has 0 spiro atoms. The zero-order valence-corrected chi connectivity index (χ0v) is 17.7. The predicted octanol–water partition coefficient (Wildman–Crippen LogP) is 4.01.